The first-order valence-electron chi connectivity index (χ1n) is 6.32. The fourth-order valence-corrected chi connectivity index (χ4v) is 2.06. The van der Waals surface area contributed by atoms with Crippen LogP contribution < -0.4 is 0 Å². The van der Waals surface area contributed by atoms with Crippen LogP contribution in [0.2, 0.25) is 0 Å². The Bertz CT molecular complexity index is 677. The van der Waals surface area contributed by atoms with Crippen LogP contribution in [0.4, 0.5) is 5.69 Å². The van der Waals surface area contributed by atoms with Crippen LogP contribution in [-0.4, -0.2) is 10.7 Å². The number of nitro benzene ring substituents is 1. The molecule has 0 aliphatic heterocycles. The first-order valence-corrected chi connectivity index (χ1v) is 6.32. The Kier molecular flexibility index (Phi) is 3.94. The SMILES string of the molecule is Cc1ccc(CC(=O)c2ccccc2[N+](=O)[O-])cc1C. The maximum Gasteiger partial charge on any atom is 0.280 e. The fourth-order valence-electron chi connectivity index (χ4n) is 2.06. The van der Waals surface area contributed by atoms with Crippen molar-refractivity contribution in [3.63, 3.8) is 0 Å². The molecule has 0 saturated carbocycles. The predicted molar refractivity (Wildman–Crippen MR) is 77.0 cm³/mol. The van der Waals surface area contributed by atoms with Gasteiger partial charge >= 0.3 is 0 Å². The number of ketones is 1. The molecule has 102 valence electrons. The zero-order valence-corrected chi connectivity index (χ0v) is 11.4. The van der Waals surface area contributed by atoms with Crippen molar-refractivity contribution in [2.45, 2.75) is 20.3 Å². The number of aryl methyl sites for hydroxylation is 2. The van der Waals surface area contributed by atoms with Gasteiger partial charge in [-0.2, -0.15) is 0 Å². The normalized spacial score (nSPS) is 10.3. The number of rotatable bonds is 4. The number of hydrogen-bond donors (Lipinski definition) is 0. The molecular weight excluding hydrogens is 254 g/mol. The third-order valence-corrected chi connectivity index (χ3v) is 3.34. The minimum atomic E-state index is -0.520. The first-order chi connectivity index (χ1) is 9.49. The van der Waals surface area contributed by atoms with E-state index in [1.807, 2.05) is 32.0 Å². The van der Waals surface area contributed by atoms with Crippen LogP contribution in [0.1, 0.15) is 27.0 Å². The highest BCUT2D eigenvalue weighted by atomic mass is 16.6. The number of carbonyl (C=O) groups is 1. The van der Waals surface area contributed by atoms with E-state index in [1.165, 1.54) is 12.1 Å². The summed E-state index contributed by atoms with van der Waals surface area (Å²) in [7, 11) is 0. The van der Waals surface area contributed by atoms with Gasteiger partial charge in [0.15, 0.2) is 5.78 Å². The highest BCUT2D eigenvalue weighted by Crippen LogP contribution is 2.20. The fraction of sp³-hybridized carbons (Fsp3) is 0.188. The van der Waals surface area contributed by atoms with Crippen molar-refractivity contribution >= 4 is 11.5 Å². The van der Waals surface area contributed by atoms with Crippen LogP contribution in [-0.2, 0) is 6.42 Å². The summed E-state index contributed by atoms with van der Waals surface area (Å²) in [5, 5.41) is 10.9. The van der Waals surface area contributed by atoms with Crippen molar-refractivity contribution < 1.29 is 9.72 Å². The van der Waals surface area contributed by atoms with Gasteiger partial charge in [-0.1, -0.05) is 30.3 Å². The maximum absolute atomic E-state index is 12.2. The molecule has 0 saturated heterocycles. The quantitative estimate of drug-likeness (QED) is 0.483. The van der Waals surface area contributed by atoms with E-state index in [0.29, 0.717) is 0 Å². The van der Waals surface area contributed by atoms with Gasteiger partial charge in [0.05, 0.1) is 10.5 Å². The Labute approximate surface area is 117 Å². The zero-order chi connectivity index (χ0) is 14.7. The lowest BCUT2D eigenvalue weighted by Crippen LogP contribution is -2.07. The summed E-state index contributed by atoms with van der Waals surface area (Å²) in [4.78, 5) is 22.6. The number of nitro groups is 1. The van der Waals surface area contributed by atoms with Crippen molar-refractivity contribution in [3.05, 3.63) is 74.8 Å². The zero-order valence-electron chi connectivity index (χ0n) is 11.4. The predicted octanol–water partition coefficient (Wildman–Crippen LogP) is 3.64. The maximum atomic E-state index is 12.2. The number of carbonyl (C=O) groups excluding carboxylic acids is 1. The molecule has 20 heavy (non-hydrogen) atoms. The van der Waals surface area contributed by atoms with E-state index in [9.17, 15) is 14.9 Å². The minimum absolute atomic E-state index is 0.138. The minimum Gasteiger partial charge on any atom is -0.294 e. The molecule has 0 aliphatic carbocycles. The molecule has 4 heteroatoms. The molecule has 0 spiro atoms. The Hall–Kier alpha value is -2.49. The molecule has 0 amide bonds. The summed E-state index contributed by atoms with van der Waals surface area (Å²) >= 11 is 0. The summed E-state index contributed by atoms with van der Waals surface area (Å²) in [5.74, 6) is -0.236. The van der Waals surface area contributed by atoms with Crippen molar-refractivity contribution in [2.75, 3.05) is 0 Å². The number of benzene rings is 2. The molecule has 0 N–H and O–H groups in total. The molecule has 0 aromatic heterocycles. The Morgan fingerprint density at radius 3 is 2.45 bits per heavy atom. The van der Waals surface area contributed by atoms with E-state index >= 15 is 0 Å². The molecule has 0 fully saturated rings. The number of Topliss-reactive ketones (excluding diaryl/α,β-unsaturated/α-hetero) is 1. The average molecular weight is 269 g/mol. The first kappa shape index (κ1) is 13.9. The van der Waals surface area contributed by atoms with E-state index in [4.69, 9.17) is 0 Å². The molecule has 2 rings (SSSR count). The van der Waals surface area contributed by atoms with Gasteiger partial charge in [-0.15, -0.1) is 0 Å². The lowest BCUT2D eigenvalue weighted by Gasteiger charge is -2.05. The second-order valence-corrected chi connectivity index (χ2v) is 4.79. The van der Waals surface area contributed by atoms with E-state index in [-0.39, 0.29) is 23.5 Å². The lowest BCUT2D eigenvalue weighted by atomic mass is 9.99. The molecule has 2 aromatic rings. The standard InChI is InChI=1S/C16H15NO3/c1-11-7-8-13(9-12(11)2)10-16(18)14-5-3-4-6-15(14)17(19)20/h3-9H,10H2,1-2H3. The van der Waals surface area contributed by atoms with Crippen LogP contribution in [0, 0.1) is 24.0 Å². The summed E-state index contributed by atoms with van der Waals surface area (Å²) in [6.07, 6.45) is 0.173. The van der Waals surface area contributed by atoms with E-state index in [0.717, 1.165) is 16.7 Å². The molecular formula is C16H15NO3. The summed E-state index contributed by atoms with van der Waals surface area (Å²) in [6, 6.07) is 11.8. The number of para-hydroxylation sites is 1. The van der Waals surface area contributed by atoms with Crippen molar-refractivity contribution in [3.8, 4) is 0 Å². The number of hydrogen-bond acceptors (Lipinski definition) is 3. The van der Waals surface area contributed by atoms with Crippen molar-refractivity contribution in [2.24, 2.45) is 0 Å². The highest BCUT2D eigenvalue weighted by molar-refractivity contribution is 6.01. The molecule has 4 nitrogen and oxygen atoms in total. The molecule has 0 atom stereocenters. The van der Waals surface area contributed by atoms with E-state index in [1.54, 1.807) is 12.1 Å². The van der Waals surface area contributed by atoms with Gasteiger partial charge in [0.25, 0.3) is 5.69 Å². The van der Waals surface area contributed by atoms with E-state index < -0.39 is 4.92 Å². The smallest absolute Gasteiger partial charge is 0.280 e. The van der Waals surface area contributed by atoms with Crippen LogP contribution in [0.15, 0.2) is 42.5 Å². The third-order valence-electron chi connectivity index (χ3n) is 3.34. The van der Waals surface area contributed by atoms with Crippen molar-refractivity contribution in [1.82, 2.24) is 0 Å². The number of nitrogens with zero attached hydrogens (tertiary/aromatic N) is 1. The van der Waals surface area contributed by atoms with Crippen LogP contribution in [0.25, 0.3) is 0 Å². The topological polar surface area (TPSA) is 60.2 Å². The second kappa shape index (κ2) is 5.65. The average Bonchev–Trinajstić information content (AvgIpc) is 2.43. The summed E-state index contributed by atoms with van der Waals surface area (Å²) < 4.78 is 0. The Balaban J connectivity index is 2.28. The second-order valence-electron chi connectivity index (χ2n) is 4.79. The molecule has 0 unspecified atom stereocenters. The van der Waals surface area contributed by atoms with Gasteiger partial charge in [0.2, 0.25) is 0 Å². The van der Waals surface area contributed by atoms with Gasteiger partial charge in [0.1, 0.15) is 0 Å². The molecule has 2 aromatic carbocycles. The molecule has 0 heterocycles. The largest absolute Gasteiger partial charge is 0.294 e. The summed E-state index contributed by atoms with van der Waals surface area (Å²) in [5.41, 5.74) is 3.16. The summed E-state index contributed by atoms with van der Waals surface area (Å²) in [6.45, 7) is 3.98. The van der Waals surface area contributed by atoms with Crippen LogP contribution >= 0.6 is 0 Å². The Morgan fingerprint density at radius 2 is 1.80 bits per heavy atom. The van der Waals surface area contributed by atoms with Crippen LogP contribution in [0.3, 0.4) is 0 Å². The van der Waals surface area contributed by atoms with Gasteiger partial charge in [-0.25, -0.2) is 0 Å². The third kappa shape index (κ3) is 2.91. The van der Waals surface area contributed by atoms with Gasteiger partial charge < -0.3 is 0 Å². The van der Waals surface area contributed by atoms with E-state index in [2.05, 4.69) is 0 Å². The van der Waals surface area contributed by atoms with Gasteiger partial charge in [-0.3, -0.25) is 14.9 Å². The highest BCUT2D eigenvalue weighted by Gasteiger charge is 2.19. The monoisotopic (exact) mass is 269 g/mol. The van der Waals surface area contributed by atoms with Gasteiger partial charge in [-0.05, 0) is 36.6 Å². The molecule has 0 bridgehead atoms. The van der Waals surface area contributed by atoms with Gasteiger partial charge in [0, 0.05) is 12.5 Å². The van der Waals surface area contributed by atoms with Crippen LogP contribution in [0.5, 0.6) is 0 Å². The van der Waals surface area contributed by atoms with Crippen molar-refractivity contribution in [1.29, 1.82) is 0 Å². The Morgan fingerprint density at radius 1 is 1.10 bits per heavy atom. The molecule has 0 aliphatic rings. The lowest BCUT2D eigenvalue weighted by molar-refractivity contribution is -0.385. The molecule has 0 radical (unpaired) electrons.